The molecule has 0 heterocycles. The van der Waals surface area contributed by atoms with Gasteiger partial charge in [0.15, 0.2) is 0 Å². The van der Waals surface area contributed by atoms with Crippen molar-refractivity contribution in [1.29, 1.82) is 0 Å². The Balaban J connectivity index is 2.24. The Hall–Kier alpha value is -1.12. The van der Waals surface area contributed by atoms with Crippen molar-refractivity contribution >= 4 is 6.08 Å². The van der Waals surface area contributed by atoms with E-state index < -0.39 is 0 Å². The second kappa shape index (κ2) is 5.69. The molecule has 0 amide bonds. The van der Waals surface area contributed by atoms with Crippen LogP contribution in [-0.4, -0.2) is 18.8 Å². The molecule has 1 aromatic rings. The molecule has 2 N–H and O–H groups in total. The molecule has 1 rings (SSSR count). The fourth-order valence-corrected chi connectivity index (χ4v) is 1.14. The molecule has 0 bridgehead atoms. The van der Waals surface area contributed by atoms with Gasteiger partial charge in [0.25, 0.3) is 0 Å². The van der Waals surface area contributed by atoms with Crippen LogP contribution in [0.4, 0.5) is 0 Å². The van der Waals surface area contributed by atoms with E-state index in [4.69, 9.17) is 10.5 Å². The molecule has 0 aliphatic rings. The van der Waals surface area contributed by atoms with Crippen molar-refractivity contribution in [2.24, 2.45) is 5.73 Å². The monoisotopic (exact) mass is 205 g/mol. The largest absolute Gasteiger partial charge is 0.376 e. The summed E-state index contributed by atoms with van der Waals surface area (Å²) in [5.41, 5.74) is 6.72. The van der Waals surface area contributed by atoms with E-state index in [0.29, 0.717) is 13.2 Å². The van der Waals surface area contributed by atoms with Crippen LogP contribution in [-0.2, 0) is 4.74 Å². The van der Waals surface area contributed by atoms with Gasteiger partial charge in [-0.1, -0.05) is 42.5 Å². The quantitative estimate of drug-likeness (QED) is 0.749. The molecule has 82 valence electrons. The Morgan fingerprint density at radius 3 is 2.53 bits per heavy atom. The van der Waals surface area contributed by atoms with E-state index in [0.717, 1.165) is 0 Å². The van der Waals surface area contributed by atoms with Crippen LogP contribution in [0.25, 0.3) is 6.08 Å². The molecular formula is C13H19NO. The molecule has 0 radical (unpaired) electrons. The molecule has 15 heavy (non-hydrogen) atoms. The van der Waals surface area contributed by atoms with Gasteiger partial charge in [0, 0.05) is 5.54 Å². The van der Waals surface area contributed by atoms with Gasteiger partial charge in [-0.15, -0.1) is 0 Å². The minimum absolute atomic E-state index is 0.249. The van der Waals surface area contributed by atoms with Crippen LogP contribution in [0.2, 0.25) is 0 Å². The molecule has 0 fully saturated rings. The highest BCUT2D eigenvalue weighted by molar-refractivity contribution is 5.48. The van der Waals surface area contributed by atoms with E-state index >= 15 is 0 Å². The van der Waals surface area contributed by atoms with Gasteiger partial charge in [0.05, 0.1) is 13.2 Å². The lowest BCUT2D eigenvalue weighted by Crippen LogP contribution is -2.37. The van der Waals surface area contributed by atoms with Gasteiger partial charge < -0.3 is 10.5 Å². The summed E-state index contributed by atoms with van der Waals surface area (Å²) >= 11 is 0. The Kier molecular flexibility index (Phi) is 4.53. The molecule has 2 nitrogen and oxygen atoms in total. The van der Waals surface area contributed by atoms with Crippen molar-refractivity contribution in [2.45, 2.75) is 19.4 Å². The van der Waals surface area contributed by atoms with Gasteiger partial charge in [0.2, 0.25) is 0 Å². The molecule has 0 aromatic heterocycles. The second-order valence-electron chi connectivity index (χ2n) is 4.32. The van der Waals surface area contributed by atoms with E-state index in [-0.39, 0.29) is 5.54 Å². The maximum absolute atomic E-state index is 5.78. The highest BCUT2D eigenvalue weighted by Gasteiger charge is 2.08. The summed E-state index contributed by atoms with van der Waals surface area (Å²) in [4.78, 5) is 0. The molecule has 2 heteroatoms. The Morgan fingerprint density at radius 1 is 1.27 bits per heavy atom. The molecule has 0 saturated carbocycles. The number of ether oxygens (including phenoxy) is 1. The summed E-state index contributed by atoms with van der Waals surface area (Å²) < 4.78 is 5.41. The topological polar surface area (TPSA) is 35.2 Å². The van der Waals surface area contributed by atoms with Crippen LogP contribution in [0.1, 0.15) is 19.4 Å². The lowest BCUT2D eigenvalue weighted by Gasteiger charge is -2.17. The van der Waals surface area contributed by atoms with Crippen molar-refractivity contribution in [3.8, 4) is 0 Å². The molecule has 1 aromatic carbocycles. The first kappa shape index (κ1) is 12.0. The lowest BCUT2D eigenvalue weighted by molar-refractivity contribution is 0.120. The summed E-state index contributed by atoms with van der Waals surface area (Å²) in [6.07, 6.45) is 4.05. The van der Waals surface area contributed by atoms with Gasteiger partial charge in [-0.2, -0.15) is 0 Å². The van der Waals surface area contributed by atoms with Crippen molar-refractivity contribution in [3.05, 3.63) is 42.0 Å². The van der Waals surface area contributed by atoms with Gasteiger partial charge in [-0.25, -0.2) is 0 Å². The Morgan fingerprint density at radius 2 is 1.93 bits per heavy atom. The predicted octanol–water partition coefficient (Wildman–Crippen LogP) is 2.45. The van der Waals surface area contributed by atoms with Gasteiger partial charge in [-0.3, -0.25) is 0 Å². The SMILES string of the molecule is CC(C)(N)COCC=Cc1ccccc1. The molecule has 0 unspecified atom stereocenters. The maximum Gasteiger partial charge on any atom is 0.0651 e. The number of nitrogens with two attached hydrogens (primary N) is 1. The number of hydrogen-bond acceptors (Lipinski definition) is 2. The van der Waals surface area contributed by atoms with Gasteiger partial charge >= 0.3 is 0 Å². The van der Waals surface area contributed by atoms with E-state index in [2.05, 4.69) is 12.1 Å². The Labute approximate surface area is 91.7 Å². The third-order valence-electron chi connectivity index (χ3n) is 1.80. The van der Waals surface area contributed by atoms with Crippen LogP contribution in [0, 0.1) is 0 Å². The standard InChI is InChI=1S/C13H19NO/c1-13(2,14)11-15-10-6-9-12-7-4-3-5-8-12/h3-9H,10-11,14H2,1-2H3. The fourth-order valence-electron chi connectivity index (χ4n) is 1.14. The first-order valence-electron chi connectivity index (χ1n) is 5.16. The summed E-state index contributed by atoms with van der Waals surface area (Å²) in [6, 6.07) is 10.2. The van der Waals surface area contributed by atoms with E-state index in [1.54, 1.807) is 0 Å². The average Bonchev–Trinajstić information content (AvgIpc) is 2.17. The minimum atomic E-state index is -0.249. The van der Waals surface area contributed by atoms with Crippen molar-refractivity contribution < 1.29 is 4.74 Å². The highest BCUT2D eigenvalue weighted by Crippen LogP contribution is 2.01. The molecule has 0 aliphatic carbocycles. The normalized spacial score (nSPS) is 12.2. The summed E-state index contributed by atoms with van der Waals surface area (Å²) in [5.74, 6) is 0. The second-order valence-corrected chi connectivity index (χ2v) is 4.32. The molecular weight excluding hydrogens is 186 g/mol. The first-order valence-corrected chi connectivity index (χ1v) is 5.16. The maximum atomic E-state index is 5.78. The molecule has 0 aliphatic heterocycles. The third-order valence-corrected chi connectivity index (χ3v) is 1.80. The number of benzene rings is 1. The smallest absolute Gasteiger partial charge is 0.0651 e. The third kappa shape index (κ3) is 6.05. The van der Waals surface area contributed by atoms with Crippen molar-refractivity contribution in [2.75, 3.05) is 13.2 Å². The number of rotatable bonds is 5. The minimum Gasteiger partial charge on any atom is -0.376 e. The zero-order valence-corrected chi connectivity index (χ0v) is 9.44. The molecule has 0 saturated heterocycles. The molecule has 0 atom stereocenters. The summed E-state index contributed by atoms with van der Waals surface area (Å²) in [6.45, 7) is 5.09. The zero-order chi connectivity index (χ0) is 11.1. The summed E-state index contributed by atoms with van der Waals surface area (Å²) in [7, 11) is 0. The summed E-state index contributed by atoms with van der Waals surface area (Å²) in [5, 5.41) is 0. The van der Waals surface area contributed by atoms with E-state index in [9.17, 15) is 0 Å². The van der Waals surface area contributed by atoms with Crippen LogP contribution < -0.4 is 5.73 Å². The van der Waals surface area contributed by atoms with Crippen LogP contribution >= 0.6 is 0 Å². The van der Waals surface area contributed by atoms with E-state index in [1.807, 2.05) is 44.2 Å². The zero-order valence-electron chi connectivity index (χ0n) is 9.44. The Bertz CT molecular complexity index is 298. The van der Waals surface area contributed by atoms with E-state index in [1.165, 1.54) is 5.56 Å². The number of hydrogen-bond donors (Lipinski definition) is 1. The highest BCUT2D eigenvalue weighted by atomic mass is 16.5. The average molecular weight is 205 g/mol. The van der Waals surface area contributed by atoms with Crippen molar-refractivity contribution in [3.63, 3.8) is 0 Å². The van der Waals surface area contributed by atoms with Crippen LogP contribution in [0.5, 0.6) is 0 Å². The van der Waals surface area contributed by atoms with Crippen LogP contribution in [0.15, 0.2) is 36.4 Å². The lowest BCUT2D eigenvalue weighted by atomic mass is 10.1. The first-order chi connectivity index (χ1) is 7.08. The fraction of sp³-hybridized carbons (Fsp3) is 0.385. The van der Waals surface area contributed by atoms with Crippen LogP contribution in [0.3, 0.4) is 0 Å². The molecule has 0 spiro atoms. The van der Waals surface area contributed by atoms with Gasteiger partial charge in [0.1, 0.15) is 0 Å². The van der Waals surface area contributed by atoms with Gasteiger partial charge in [-0.05, 0) is 19.4 Å². The predicted molar refractivity (Wildman–Crippen MR) is 64.6 cm³/mol. The van der Waals surface area contributed by atoms with Crippen molar-refractivity contribution in [1.82, 2.24) is 0 Å².